The van der Waals surface area contributed by atoms with Crippen molar-refractivity contribution in [2.24, 2.45) is 0 Å². The van der Waals surface area contributed by atoms with Crippen LogP contribution < -0.4 is 15.6 Å². The summed E-state index contributed by atoms with van der Waals surface area (Å²) in [5.74, 6) is -0.510. The molecule has 1 aliphatic rings. The van der Waals surface area contributed by atoms with Crippen LogP contribution in [-0.2, 0) is 19.0 Å². The second-order valence-electron chi connectivity index (χ2n) is 6.11. The summed E-state index contributed by atoms with van der Waals surface area (Å²) in [5.41, 5.74) is -0.0110. The van der Waals surface area contributed by atoms with Crippen LogP contribution in [0.2, 0.25) is 0 Å². The SMILES string of the molecule is CCOc1nc(=O)c(C)cn1[C@@H]1O[C@H](CO)[C@H](OC(C)=O)C1OCCNC. The average Bonchev–Trinajstić information content (AvgIpc) is 2.95. The van der Waals surface area contributed by atoms with Crippen LogP contribution in [0.3, 0.4) is 0 Å². The molecule has 2 rings (SSSR count). The van der Waals surface area contributed by atoms with Gasteiger partial charge in [0.15, 0.2) is 12.3 Å². The number of rotatable bonds is 9. The molecule has 1 aliphatic heterocycles. The predicted octanol–water partition coefficient (Wildman–Crippen LogP) is -0.624. The summed E-state index contributed by atoms with van der Waals surface area (Å²) >= 11 is 0. The van der Waals surface area contributed by atoms with E-state index in [0.717, 1.165) is 0 Å². The van der Waals surface area contributed by atoms with Crippen molar-refractivity contribution >= 4 is 5.97 Å². The van der Waals surface area contributed by atoms with Gasteiger partial charge in [0.2, 0.25) is 0 Å². The van der Waals surface area contributed by atoms with Gasteiger partial charge in [0.25, 0.3) is 5.56 Å². The summed E-state index contributed by atoms with van der Waals surface area (Å²) in [6.45, 7) is 5.50. The third-order valence-electron chi connectivity index (χ3n) is 4.07. The van der Waals surface area contributed by atoms with Crippen LogP contribution in [0.4, 0.5) is 0 Å². The van der Waals surface area contributed by atoms with E-state index in [4.69, 9.17) is 18.9 Å². The standard InChI is InChI=1S/C17H27N3O7/c1-5-24-17-19-15(23)10(2)8-20(17)16-14(25-7-6-18-4)13(26-11(3)22)12(9-21)27-16/h8,12-14,16,18,21H,5-7,9H2,1-4H3/t12-,13+,14?,16-/m1/s1. The minimum Gasteiger partial charge on any atom is -0.465 e. The first-order chi connectivity index (χ1) is 12.9. The Morgan fingerprint density at radius 2 is 2.19 bits per heavy atom. The van der Waals surface area contributed by atoms with Crippen molar-refractivity contribution in [3.8, 4) is 6.01 Å². The van der Waals surface area contributed by atoms with Crippen molar-refractivity contribution in [3.63, 3.8) is 0 Å². The van der Waals surface area contributed by atoms with Crippen LogP contribution in [0.15, 0.2) is 11.0 Å². The van der Waals surface area contributed by atoms with Crippen molar-refractivity contribution in [1.29, 1.82) is 0 Å². The zero-order chi connectivity index (χ0) is 20.0. The third kappa shape index (κ3) is 5.04. The second kappa shape index (κ2) is 9.79. The molecule has 2 heterocycles. The third-order valence-corrected chi connectivity index (χ3v) is 4.07. The fourth-order valence-electron chi connectivity index (χ4n) is 2.86. The summed E-state index contributed by atoms with van der Waals surface area (Å²) in [5, 5.41) is 12.7. The van der Waals surface area contributed by atoms with Crippen LogP contribution in [-0.4, -0.2) is 72.4 Å². The molecule has 4 atom stereocenters. The van der Waals surface area contributed by atoms with E-state index in [1.54, 1.807) is 27.1 Å². The molecular weight excluding hydrogens is 358 g/mol. The molecule has 2 N–H and O–H groups in total. The average molecular weight is 385 g/mol. The maximum absolute atomic E-state index is 11.9. The number of nitrogens with one attached hydrogen (secondary N) is 1. The number of aliphatic hydroxyl groups is 1. The highest BCUT2D eigenvalue weighted by Gasteiger charge is 2.49. The lowest BCUT2D eigenvalue weighted by molar-refractivity contribution is -0.155. The zero-order valence-electron chi connectivity index (χ0n) is 16.0. The Bertz CT molecular complexity index is 694. The predicted molar refractivity (Wildman–Crippen MR) is 94.6 cm³/mol. The van der Waals surface area contributed by atoms with Gasteiger partial charge in [-0.2, -0.15) is 4.98 Å². The van der Waals surface area contributed by atoms with E-state index in [0.29, 0.717) is 25.3 Å². The largest absolute Gasteiger partial charge is 0.465 e. The minimum atomic E-state index is -0.816. The van der Waals surface area contributed by atoms with Gasteiger partial charge in [-0.3, -0.25) is 14.2 Å². The molecule has 1 aromatic rings. The molecule has 1 saturated heterocycles. The highest BCUT2D eigenvalue weighted by Crippen LogP contribution is 2.35. The van der Waals surface area contributed by atoms with E-state index < -0.39 is 36.1 Å². The van der Waals surface area contributed by atoms with Gasteiger partial charge in [0, 0.05) is 25.2 Å². The molecule has 0 bridgehead atoms. The van der Waals surface area contributed by atoms with Crippen molar-refractivity contribution in [1.82, 2.24) is 14.9 Å². The lowest BCUT2D eigenvalue weighted by atomic mass is 10.1. The highest BCUT2D eigenvalue weighted by molar-refractivity contribution is 5.66. The Balaban J connectivity index is 2.43. The molecule has 152 valence electrons. The van der Waals surface area contributed by atoms with Gasteiger partial charge in [-0.25, -0.2) is 0 Å². The van der Waals surface area contributed by atoms with Crippen LogP contribution in [0.25, 0.3) is 0 Å². The number of esters is 1. The van der Waals surface area contributed by atoms with Gasteiger partial charge in [0.1, 0.15) is 12.2 Å². The van der Waals surface area contributed by atoms with Crippen LogP contribution >= 0.6 is 0 Å². The normalized spacial score (nSPS) is 24.8. The Morgan fingerprint density at radius 1 is 1.44 bits per heavy atom. The van der Waals surface area contributed by atoms with Gasteiger partial charge in [-0.1, -0.05) is 0 Å². The van der Waals surface area contributed by atoms with Crippen LogP contribution in [0.1, 0.15) is 25.6 Å². The van der Waals surface area contributed by atoms with Crippen molar-refractivity contribution < 1.29 is 28.8 Å². The number of aliphatic hydroxyl groups excluding tert-OH is 1. The number of nitrogens with zero attached hydrogens (tertiary/aromatic N) is 2. The molecule has 27 heavy (non-hydrogen) atoms. The monoisotopic (exact) mass is 385 g/mol. The maximum Gasteiger partial charge on any atom is 0.303 e. The van der Waals surface area contributed by atoms with Gasteiger partial charge >= 0.3 is 12.0 Å². The Labute approximate surface area is 157 Å². The lowest BCUT2D eigenvalue weighted by Gasteiger charge is -2.26. The summed E-state index contributed by atoms with van der Waals surface area (Å²) < 4.78 is 24.2. The maximum atomic E-state index is 11.9. The van der Waals surface area contributed by atoms with E-state index >= 15 is 0 Å². The van der Waals surface area contributed by atoms with Gasteiger partial charge < -0.3 is 29.4 Å². The van der Waals surface area contributed by atoms with Crippen molar-refractivity contribution in [3.05, 3.63) is 22.1 Å². The van der Waals surface area contributed by atoms with E-state index in [2.05, 4.69) is 10.3 Å². The first-order valence-electron chi connectivity index (χ1n) is 8.85. The molecule has 0 amide bonds. The zero-order valence-corrected chi connectivity index (χ0v) is 16.0. The summed E-state index contributed by atoms with van der Waals surface area (Å²) in [6, 6.07) is 0.0699. The fraction of sp³-hybridized carbons (Fsp3) is 0.706. The van der Waals surface area contributed by atoms with E-state index in [-0.39, 0.29) is 12.6 Å². The quantitative estimate of drug-likeness (QED) is 0.423. The smallest absolute Gasteiger partial charge is 0.303 e. The lowest BCUT2D eigenvalue weighted by Crippen LogP contribution is -2.40. The number of aromatic nitrogens is 2. The number of hydrogen-bond acceptors (Lipinski definition) is 9. The molecule has 1 aromatic heterocycles. The Morgan fingerprint density at radius 3 is 2.78 bits per heavy atom. The number of carbonyl (C=O) groups excluding carboxylic acids is 1. The molecular formula is C17H27N3O7. The summed E-state index contributed by atoms with van der Waals surface area (Å²) in [6.07, 6.45) is -1.56. The molecule has 0 radical (unpaired) electrons. The highest BCUT2D eigenvalue weighted by atomic mass is 16.6. The molecule has 1 fully saturated rings. The number of carbonyl (C=O) groups is 1. The molecule has 10 nitrogen and oxygen atoms in total. The second-order valence-corrected chi connectivity index (χ2v) is 6.11. The number of aryl methyl sites for hydroxylation is 1. The Hall–Kier alpha value is -2.01. The number of ether oxygens (including phenoxy) is 4. The topological polar surface area (TPSA) is 121 Å². The molecule has 10 heteroatoms. The first-order valence-corrected chi connectivity index (χ1v) is 8.85. The van der Waals surface area contributed by atoms with Crippen LogP contribution in [0, 0.1) is 6.92 Å². The van der Waals surface area contributed by atoms with Crippen molar-refractivity contribution in [2.75, 3.05) is 33.4 Å². The van der Waals surface area contributed by atoms with Crippen LogP contribution in [0.5, 0.6) is 6.01 Å². The van der Waals surface area contributed by atoms with E-state index in [9.17, 15) is 14.7 Å². The van der Waals surface area contributed by atoms with Gasteiger partial charge in [-0.05, 0) is 20.9 Å². The van der Waals surface area contributed by atoms with E-state index in [1.807, 2.05) is 0 Å². The molecule has 0 saturated carbocycles. The first kappa shape index (κ1) is 21.3. The summed E-state index contributed by atoms with van der Waals surface area (Å²) in [7, 11) is 1.79. The Kier molecular flexibility index (Phi) is 7.72. The molecule has 0 spiro atoms. The minimum absolute atomic E-state index is 0.0699. The molecule has 1 unspecified atom stereocenters. The number of hydrogen-bond donors (Lipinski definition) is 2. The van der Waals surface area contributed by atoms with Crippen molar-refractivity contribution in [2.45, 2.75) is 45.3 Å². The fourth-order valence-corrected chi connectivity index (χ4v) is 2.86. The molecule has 0 aliphatic carbocycles. The van der Waals surface area contributed by atoms with Gasteiger partial charge in [-0.15, -0.1) is 0 Å². The molecule has 0 aromatic carbocycles. The van der Waals surface area contributed by atoms with Gasteiger partial charge in [0.05, 0.1) is 19.8 Å². The summed E-state index contributed by atoms with van der Waals surface area (Å²) in [4.78, 5) is 27.4. The van der Waals surface area contributed by atoms with E-state index in [1.165, 1.54) is 11.5 Å². The number of likely N-dealkylation sites (N-methyl/N-ethyl adjacent to an activating group) is 1.